The van der Waals surface area contributed by atoms with Gasteiger partial charge < -0.3 is 19.8 Å². The molecular weight excluding hydrogens is 461 g/mol. The third kappa shape index (κ3) is 3.94. The maximum Gasteiger partial charge on any atom is 0.273 e. The molecule has 0 unspecified atom stereocenters. The number of benzene rings is 3. The van der Waals surface area contributed by atoms with Gasteiger partial charge in [-0.05, 0) is 73.4 Å². The Hall–Kier alpha value is -4.33. The van der Waals surface area contributed by atoms with Crippen LogP contribution in [-0.4, -0.2) is 37.8 Å². The van der Waals surface area contributed by atoms with Gasteiger partial charge in [0.15, 0.2) is 11.5 Å². The van der Waals surface area contributed by atoms with E-state index >= 15 is 0 Å². The van der Waals surface area contributed by atoms with Gasteiger partial charge in [0.2, 0.25) is 0 Å². The highest BCUT2D eigenvalue weighted by Crippen LogP contribution is 2.47. The van der Waals surface area contributed by atoms with Crippen LogP contribution < -0.4 is 4.74 Å². The van der Waals surface area contributed by atoms with E-state index < -0.39 is 6.04 Å². The molecule has 0 saturated heterocycles. The Morgan fingerprint density at radius 1 is 1.08 bits per heavy atom. The van der Waals surface area contributed by atoms with E-state index in [1.54, 1.807) is 29.2 Å². The van der Waals surface area contributed by atoms with Crippen molar-refractivity contribution in [2.24, 2.45) is 0 Å². The molecule has 1 aliphatic rings. The molecule has 1 atom stereocenters. The van der Waals surface area contributed by atoms with E-state index in [4.69, 9.17) is 4.74 Å². The summed E-state index contributed by atoms with van der Waals surface area (Å²) in [6, 6.07) is 14.1. The van der Waals surface area contributed by atoms with Gasteiger partial charge in [-0.3, -0.25) is 9.89 Å². The number of H-pyrrole nitrogens is 1. The monoisotopic (exact) mass is 487 g/mol. The number of nitrogens with one attached hydrogen (secondary N) is 1. The van der Waals surface area contributed by atoms with Crippen molar-refractivity contribution >= 4 is 5.91 Å². The van der Waals surface area contributed by atoms with Gasteiger partial charge in [0.25, 0.3) is 5.91 Å². The molecule has 0 spiro atoms. The first-order valence-electron chi connectivity index (χ1n) is 11.7. The average Bonchev–Trinajstić information content (AvgIpc) is 3.38. The molecule has 8 heteroatoms. The molecule has 0 saturated carbocycles. The predicted molar refractivity (Wildman–Crippen MR) is 133 cm³/mol. The van der Waals surface area contributed by atoms with Gasteiger partial charge in [0.05, 0.1) is 12.6 Å². The Morgan fingerprint density at radius 3 is 2.56 bits per heavy atom. The fourth-order valence-electron chi connectivity index (χ4n) is 4.81. The van der Waals surface area contributed by atoms with E-state index in [1.165, 1.54) is 18.2 Å². The Kier molecular flexibility index (Phi) is 5.88. The molecule has 0 fully saturated rings. The highest BCUT2D eigenvalue weighted by molar-refractivity contribution is 6.00. The van der Waals surface area contributed by atoms with Crippen LogP contribution in [0.25, 0.3) is 11.3 Å². The van der Waals surface area contributed by atoms with Crippen LogP contribution in [-0.2, 0) is 6.54 Å². The number of aromatic hydroxyl groups is 2. The largest absolute Gasteiger partial charge is 0.507 e. The minimum absolute atomic E-state index is 0.00500. The Bertz CT molecular complexity index is 1460. The second kappa shape index (κ2) is 9.03. The third-order valence-electron chi connectivity index (χ3n) is 6.43. The van der Waals surface area contributed by atoms with Crippen LogP contribution in [0.4, 0.5) is 4.39 Å². The van der Waals surface area contributed by atoms with Gasteiger partial charge >= 0.3 is 0 Å². The molecule has 7 nitrogen and oxygen atoms in total. The molecule has 3 N–H and O–H groups in total. The van der Waals surface area contributed by atoms with Crippen molar-refractivity contribution in [3.8, 4) is 28.5 Å². The number of aromatic nitrogens is 2. The number of aromatic amines is 1. The summed E-state index contributed by atoms with van der Waals surface area (Å²) in [5.41, 5.74) is 5.05. The second-order valence-electron chi connectivity index (χ2n) is 8.96. The molecular formula is C28H26FN3O4. The molecule has 36 heavy (non-hydrogen) atoms. The Balaban J connectivity index is 1.69. The number of aryl methyl sites for hydroxylation is 2. The number of rotatable bonds is 6. The summed E-state index contributed by atoms with van der Waals surface area (Å²) in [5.74, 6) is -0.233. The van der Waals surface area contributed by atoms with E-state index in [0.717, 1.165) is 11.1 Å². The minimum Gasteiger partial charge on any atom is -0.507 e. The van der Waals surface area contributed by atoms with Gasteiger partial charge in [0, 0.05) is 17.7 Å². The van der Waals surface area contributed by atoms with Crippen molar-refractivity contribution in [3.05, 3.63) is 93.9 Å². The summed E-state index contributed by atoms with van der Waals surface area (Å²) in [6.45, 7) is 6.15. The average molecular weight is 488 g/mol. The van der Waals surface area contributed by atoms with Crippen molar-refractivity contribution in [2.45, 2.75) is 33.4 Å². The summed E-state index contributed by atoms with van der Waals surface area (Å²) in [6.07, 6.45) is 0. The quantitative estimate of drug-likeness (QED) is 0.339. The molecule has 4 aromatic rings. The standard InChI is InChI=1S/C28H26FN3O4/c1-4-36-22-13-18(7-10-21(22)33)26-23-24(20-12-15(2)11-16(3)27(20)34)30-31-25(23)28(35)32(26)14-17-5-8-19(29)9-6-17/h5-13,26,33-34H,4,14H2,1-3H3,(H,30,31)/t26-/m1/s1. The van der Waals surface area contributed by atoms with E-state index in [1.807, 2.05) is 32.9 Å². The van der Waals surface area contributed by atoms with Crippen LogP contribution in [0.3, 0.4) is 0 Å². The topological polar surface area (TPSA) is 98.7 Å². The lowest BCUT2D eigenvalue weighted by Gasteiger charge is -2.27. The summed E-state index contributed by atoms with van der Waals surface area (Å²) < 4.78 is 19.1. The number of ether oxygens (including phenoxy) is 1. The van der Waals surface area contributed by atoms with Gasteiger partial charge in [-0.15, -0.1) is 0 Å². The number of hydrogen-bond donors (Lipinski definition) is 3. The Morgan fingerprint density at radius 2 is 1.83 bits per heavy atom. The van der Waals surface area contributed by atoms with Crippen LogP contribution in [0.2, 0.25) is 0 Å². The minimum atomic E-state index is -0.591. The molecule has 3 aromatic carbocycles. The first kappa shape index (κ1) is 23.4. The zero-order chi connectivity index (χ0) is 25.6. The lowest BCUT2D eigenvalue weighted by molar-refractivity contribution is 0.0730. The number of phenols is 2. The molecule has 2 heterocycles. The number of halogens is 1. The molecule has 0 bridgehead atoms. The number of hydrogen-bond acceptors (Lipinski definition) is 5. The van der Waals surface area contributed by atoms with Crippen LogP contribution >= 0.6 is 0 Å². The zero-order valence-electron chi connectivity index (χ0n) is 20.2. The van der Waals surface area contributed by atoms with Crippen LogP contribution in [0.15, 0.2) is 54.6 Å². The smallest absolute Gasteiger partial charge is 0.273 e. The first-order chi connectivity index (χ1) is 17.3. The number of nitrogens with zero attached hydrogens (tertiary/aromatic N) is 2. The fourth-order valence-corrected chi connectivity index (χ4v) is 4.81. The molecule has 184 valence electrons. The summed E-state index contributed by atoms with van der Waals surface area (Å²) in [5, 5.41) is 28.5. The van der Waals surface area contributed by atoms with Gasteiger partial charge in [-0.25, -0.2) is 4.39 Å². The summed E-state index contributed by atoms with van der Waals surface area (Å²) in [7, 11) is 0. The number of fused-ring (bicyclic) bond motifs is 1. The molecule has 1 aromatic heterocycles. The number of amides is 1. The van der Waals surface area contributed by atoms with E-state index in [9.17, 15) is 19.4 Å². The SMILES string of the molecule is CCOc1cc([C@@H]2c3c(-c4cc(C)cc(C)c4O)n[nH]c3C(=O)N2Cc2ccc(F)cc2)ccc1O. The number of carbonyl (C=O) groups is 1. The molecule has 1 amide bonds. The third-order valence-corrected chi connectivity index (χ3v) is 6.43. The van der Waals surface area contributed by atoms with Crippen LogP contribution in [0.5, 0.6) is 17.2 Å². The number of phenolic OH excluding ortho intramolecular Hbond substituents is 2. The van der Waals surface area contributed by atoms with Crippen LogP contribution in [0.1, 0.15) is 51.3 Å². The molecule has 5 rings (SSSR count). The van der Waals surface area contributed by atoms with Crippen molar-refractivity contribution in [3.63, 3.8) is 0 Å². The van der Waals surface area contributed by atoms with Crippen molar-refractivity contribution < 1.29 is 24.1 Å². The van der Waals surface area contributed by atoms with E-state index in [0.29, 0.717) is 46.0 Å². The van der Waals surface area contributed by atoms with Crippen LogP contribution in [0, 0.1) is 19.7 Å². The lowest BCUT2D eigenvalue weighted by Crippen LogP contribution is -2.29. The van der Waals surface area contributed by atoms with Gasteiger partial charge in [-0.2, -0.15) is 5.10 Å². The highest BCUT2D eigenvalue weighted by atomic mass is 19.1. The van der Waals surface area contributed by atoms with Crippen molar-refractivity contribution in [1.29, 1.82) is 0 Å². The Labute approximate surface area is 207 Å². The van der Waals surface area contributed by atoms with Crippen molar-refractivity contribution in [2.75, 3.05) is 6.61 Å². The first-order valence-corrected chi connectivity index (χ1v) is 11.7. The van der Waals surface area contributed by atoms with E-state index in [2.05, 4.69) is 10.2 Å². The maximum absolute atomic E-state index is 13.6. The number of carbonyl (C=O) groups excluding carboxylic acids is 1. The van der Waals surface area contributed by atoms with Crippen molar-refractivity contribution in [1.82, 2.24) is 15.1 Å². The fraction of sp³-hybridized carbons (Fsp3) is 0.214. The maximum atomic E-state index is 13.6. The van der Waals surface area contributed by atoms with Gasteiger partial charge in [0.1, 0.15) is 23.0 Å². The molecule has 0 radical (unpaired) electrons. The predicted octanol–water partition coefficient (Wildman–Crippen LogP) is 5.39. The van der Waals surface area contributed by atoms with Gasteiger partial charge in [-0.1, -0.05) is 24.3 Å². The summed E-state index contributed by atoms with van der Waals surface area (Å²) >= 11 is 0. The lowest BCUT2D eigenvalue weighted by atomic mass is 9.93. The molecule has 1 aliphatic heterocycles. The normalized spacial score (nSPS) is 14.8. The zero-order valence-corrected chi connectivity index (χ0v) is 20.2. The highest BCUT2D eigenvalue weighted by Gasteiger charge is 2.43. The summed E-state index contributed by atoms with van der Waals surface area (Å²) in [4.78, 5) is 15.3. The second-order valence-corrected chi connectivity index (χ2v) is 8.96. The van der Waals surface area contributed by atoms with E-state index in [-0.39, 0.29) is 29.8 Å². The molecule has 0 aliphatic carbocycles.